The molecule has 0 atom stereocenters. The zero-order valence-corrected chi connectivity index (χ0v) is 12.2. The summed E-state index contributed by atoms with van der Waals surface area (Å²) in [4.78, 5) is 0. The minimum Gasteiger partial charge on any atom is 0 e. The maximum atomic E-state index is 6.68. The smallest absolute Gasteiger partial charge is 0 e. The molecule has 0 aromatic carbocycles. The molecule has 0 aliphatic heterocycles. The molecule has 0 heterocycles. The number of rotatable bonds is 3. The van der Waals surface area contributed by atoms with Crippen molar-refractivity contribution in [3.8, 4) is 0 Å². The molecule has 0 unspecified atom stereocenters. The minimum atomic E-state index is -0.225. The van der Waals surface area contributed by atoms with Gasteiger partial charge in [-0.05, 0) is 0 Å². The van der Waals surface area contributed by atoms with Gasteiger partial charge in [0, 0.05) is 31.1 Å². The number of halogens is 1. The number of hydrogen-bond acceptors (Lipinski definition) is 2. The zero-order chi connectivity index (χ0) is 6.57. The molecule has 0 bridgehead atoms. The summed E-state index contributed by atoms with van der Waals surface area (Å²) in [5.41, 5.74) is 0. The fourth-order valence-electron chi connectivity index (χ4n) is 0.164. The van der Waals surface area contributed by atoms with Gasteiger partial charge < -0.3 is 0 Å². The zero-order valence-electron chi connectivity index (χ0n) is 5.90. The average Bonchev–Trinajstić information content (AvgIpc) is 1.67. The van der Waals surface area contributed by atoms with Gasteiger partial charge in [-0.1, -0.05) is 0 Å². The van der Waals surface area contributed by atoms with Gasteiger partial charge in [0.05, 0.1) is 0 Å². The summed E-state index contributed by atoms with van der Waals surface area (Å²) in [6.07, 6.45) is 0. The van der Waals surface area contributed by atoms with E-state index < -0.39 is 0 Å². The first-order chi connectivity index (χ1) is 3.68. The van der Waals surface area contributed by atoms with Crippen molar-refractivity contribution in [3.63, 3.8) is 0 Å². The first-order valence-corrected chi connectivity index (χ1v) is 4.51. The molecule has 0 aromatic heterocycles. The summed E-state index contributed by atoms with van der Waals surface area (Å²) in [7, 11) is 2.03. The number of nitrogens with one attached hydrogen (secondary N) is 2. The Labute approximate surface area is 91.4 Å². The van der Waals surface area contributed by atoms with Crippen LogP contribution < -0.4 is 25.4 Å². The van der Waals surface area contributed by atoms with E-state index in [1.54, 1.807) is 0 Å². The summed E-state index contributed by atoms with van der Waals surface area (Å²) in [6.45, 7) is 4.24. The summed E-state index contributed by atoms with van der Waals surface area (Å²) in [6, 6.07) is 0.570. The fourth-order valence-corrected chi connectivity index (χ4v) is 1.10. The molecule has 0 aromatic rings. The van der Waals surface area contributed by atoms with Crippen molar-refractivity contribution in [3.05, 3.63) is 5.84 Å². The third-order valence-corrected chi connectivity index (χ3v) is 3.00. The normalized spacial score (nSPS) is 10.4. The van der Waals surface area contributed by atoms with E-state index in [0.717, 1.165) is 0 Å². The average molecular weight is 467 g/mol. The van der Waals surface area contributed by atoms with Gasteiger partial charge in [0.15, 0.2) is 0 Å². The van der Waals surface area contributed by atoms with E-state index >= 15 is 0 Å². The van der Waals surface area contributed by atoms with Gasteiger partial charge in [-0.25, -0.2) is 0 Å². The molecule has 0 amide bonds. The molecule has 2 N–H and O–H groups in total. The quantitative estimate of drug-likeness (QED) is 0.291. The molecule has 0 saturated heterocycles. The minimum absolute atomic E-state index is 0. The second-order valence-corrected chi connectivity index (χ2v) is 4.34. The first-order valence-electron chi connectivity index (χ1n) is 2.47. The summed E-state index contributed by atoms with van der Waals surface area (Å²) in [5, 5.41) is 0. The molecule has 5 heteroatoms. The Kier molecular flexibility index (Phi) is 11.4. The third kappa shape index (κ3) is 7.56. The van der Waals surface area contributed by atoms with Crippen LogP contribution in [0.15, 0.2) is 0 Å². The molecule has 0 fully saturated rings. The molecule has 0 aliphatic rings. The van der Waals surface area contributed by atoms with Crippen LogP contribution in [0.2, 0.25) is 0 Å². The Balaban J connectivity index is 0. The molecular weight excluding hydrogens is 455 g/mol. The molecule has 0 spiro atoms. The van der Waals surface area contributed by atoms with Crippen LogP contribution in [0.3, 0.4) is 0 Å². The predicted molar refractivity (Wildman–Crippen MR) is 30.4 cm³/mol. The van der Waals surface area contributed by atoms with E-state index in [-0.39, 0.29) is 52.9 Å². The van der Waals surface area contributed by atoms with Crippen molar-refractivity contribution in [1.29, 1.82) is 0 Å². The molecule has 3 nitrogen and oxygen atoms in total. The van der Waals surface area contributed by atoms with Crippen molar-refractivity contribution in [2.45, 2.75) is 19.9 Å². The number of nitrogens with zero attached hydrogens (tertiary/aromatic N) is 1. The predicted octanol–water partition coefficient (Wildman–Crippen LogP) is -2.20. The molecule has 9 heavy (non-hydrogen) atoms. The van der Waals surface area contributed by atoms with E-state index in [1.807, 2.05) is 7.05 Å². The second kappa shape index (κ2) is 7.77. The van der Waals surface area contributed by atoms with Crippen molar-refractivity contribution in [1.82, 2.24) is 6.75 Å². The van der Waals surface area contributed by atoms with E-state index in [4.69, 9.17) is 5.84 Å². The maximum absolute atomic E-state index is 6.68. The SMILES string of the molecule is CC(C)N(C)[I-]N[NH-].[U]. The van der Waals surface area contributed by atoms with E-state index in [0.29, 0.717) is 6.04 Å². The van der Waals surface area contributed by atoms with Crippen molar-refractivity contribution in [2.24, 2.45) is 0 Å². The van der Waals surface area contributed by atoms with E-state index in [1.165, 1.54) is 0 Å². The van der Waals surface area contributed by atoms with Crippen molar-refractivity contribution < 1.29 is 52.9 Å². The van der Waals surface area contributed by atoms with Crippen LogP contribution in [0.25, 0.3) is 5.84 Å². The van der Waals surface area contributed by atoms with Crippen molar-refractivity contribution >= 4 is 0 Å². The molecule has 0 rings (SSSR count). The number of hydrogen-bond donors (Lipinski definition) is 1. The molecule has 0 saturated carbocycles. The van der Waals surface area contributed by atoms with Gasteiger partial charge in [0.1, 0.15) is 0 Å². The Morgan fingerprint density at radius 3 is 2.11 bits per heavy atom. The van der Waals surface area contributed by atoms with Crippen LogP contribution >= 0.6 is 0 Å². The largest absolute Gasteiger partial charge is 0 e. The summed E-state index contributed by atoms with van der Waals surface area (Å²) >= 11 is -0.225. The van der Waals surface area contributed by atoms with Gasteiger partial charge >= 0.3 is 61.3 Å². The summed E-state index contributed by atoms with van der Waals surface area (Å²) < 4.78 is 4.59. The molecular formula is C4H12IN3U-2. The molecule has 0 radical (unpaired) electrons. The van der Waals surface area contributed by atoms with E-state index in [2.05, 4.69) is 20.6 Å². The Bertz CT molecular complexity index is 61.8. The Morgan fingerprint density at radius 2 is 2.00 bits per heavy atom. The third-order valence-electron chi connectivity index (χ3n) is 0.887. The molecule has 56 valence electrons. The van der Waals surface area contributed by atoms with E-state index in [9.17, 15) is 0 Å². The summed E-state index contributed by atoms with van der Waals surface area (Å²) in [5.74, 6) is 6.68. The fraction of sp³-hybridized carbons (Fsp3) is 1.00. The van der Waals surface area contributed by atoms with Crippen LogP contribution in [0.1, 0.15) is 13.8 Å². The second-order valence-electron chi connectivity index (χ2n) is 1.80. The topological polar surface area (TPSA) is 39.1 Å². The standard InChI is InChI=1S/C4H12IN3.U/c1-4(2)8(3)5-7-6;/h4,6-7H,1-3H3;/q-2;. The Hall–Kier alpha value is 1.66. The molecule has 0 aliphatic carbocycles. The van der Waals surface area contributed by atoms with Gasteiger partial charge in [-0.2, -0.15) is 0 Å². The van der Waals surface area contributed by atoms with Gasteiger partial charge in [0.2, 0.25) is 0 Å². The van der Waals surface area contributed by atoms with Crippen molar-refractivity contribution in [2.75, 3.05) is 7.05 Å². The van der Waals surface area contributed by atoms with Crippen LogP contribution in [-0.4, -0.2) is 16.2 Å². The van der Waals surface area contributed by atoms with Crippen LogP contribution in [-0.2, 0) is 0 Å². The first kappa shape index (κ1) is 13.3. The van der Waals surface area contributed by atoms with Crippen LogP contribution in [0.5, 0.6) is 0 Å². The van der Waals surface area contributed by atoms with Gasteiger partial charge in [0.25, 0.3) is 0 Å². The van der Waals surface area contributed by atoms with Gasteiger partial charge in [-0.15, -0.1) is 0 Å². The monoisotopic (exact) mass is 467 g/mol. The van der Waals surface area contributed by atoms with Crippen LogP contribution in [0, 0.1) is 31.1 Å². The van der Waals surface area contributed by atoms with Crippen LogP contribution in [0.4, 0.5) is 0 Å². The van der Waals surface area contributed by atoms with Gasteiger partial charge in [-0.3, -0.25) is 0 Å². The maximum Gasteiger partial charge on any atom is 0 e. The Morgan fingerprint density at radius 1 is 1.56 bits per heavy atom.